The Morgan fingerprint density at radius 2 is 2.07 bits per heavy atom. The van der Waals surface area contributed by atoms with E-state index in [0.29, 0.717) is 35.2 Å². The molecule has 0 aliphatic rings. The highest BCUT2D eigenvalue weighted by Crippen LogP contribution is 2.35. The third kappa shape index (κ3) is 4.22. The summed E-state index contributed by atoms with van der Waals surface area (Å²) in [6.45, 7) is 6.68. The van der Waals surface area contributed by atoms with E-state index in [0.717, 1.165) is 17.7 Å². The average molecular weight is 371 g/mol. The summed E-state index contributed by atoms with van der Waals surface area (Å²) in [6.07, 6.45) is 0.513. The van der Waals surface area contributed by atoms with Crippen LogP contribution in [0, 0.1) is 17.2 Å². The van der Waals surface area contributed by atoms with Crippen LogP contribution in [0.3, 0.4) is 0 Å². The molecule has 1 N–H and O–H groups in total. The Bertz CT molecular complexity index is 941. The lowest BCUT2D eigenvalue weighted by Crippen LogP contribution is -2.34. The molecule has 0 spiro atoms. The number of anilines is 1. The number of ether oxygens (including phenoxy) is 1. The summed E-state index contributed by atoms with van der Waals surface area (Å²) in [5.74, 6) is 0.642. The maximum absolute atomic E-state index is 13.1. The summed E-state index contributed by atoms with van der Waals surface area (Å²) in [7, 11) is 1.39. The molecule has 0 bridgehead atoms. The van der Waals surface area contributed by atoms with Crippen LogP contribution >= 0.6 is 0 Å². The fourth-order valence-corrected chi connectivity index (χ4v) is 2.89. The van der Waals surface area contributed by atoms with Gasteiger partial charge in [-0.25, -0.2) is 4.79 Å². The van der Waals surface area contributed by atoms with E-state index < -0.39 is 6.09 Å². The first-order chi connectivity index (χ1) is 12.8. The zero-order valence-electron chi connectivity index (χ0n) is 16.2. The molecule has 2 rings (SSSR count). The van der Waals surface area contributed by atoms with Crippen molar-refractivity contribution in [3.8, 4) is 11.8 Å². The topological polar surface area (TPSA) is 95.6 Å². The molecule has 0 radical (unpaired) electrons. The highest BCUT2D eigenvalue weighted by atomic mass is 16.5. The second-order valence-electron chi connectivity index (χ2n) is 6.88. The van der Waals surface area contributed by atoms with E-state index in [9.17, 15) is 20.0 Å². The van der Waals surface area contributed by atoms with Gasteiger partial charge in [-0.15, -0.1) is 0 Å². The monoisotopic (exact) mass is 371 g/mol. The minimum absolute atomic E-state index is 0.128. The Labute approximate surface area is 158 Å². The van der Waals surface area contributed by atoms with Crippen LogP contribution < -0.4 is 15.2 Å². The number of hydrogen-bond acceptors (Lipinski definition) is 4. The lowest BCUT2D eigenvalue weighted by Gasteiger charge is -2.25. The highest BCUT2D eigenvalue weighted by molar-refractivity contribution is 5.97. The van der Waals surface area contributed by atoms with Gasteiger partial charge in [-0.3, -0.25) is 14.3 Å². The van der Waals surface area contributed by atoms with Crippen molar-refractivity contribution in [3.63, 3.8) is 0 Å². The van der Waals surface area contributed by atoms with Crippen LogP contribution in [-0.2, 0) is 6.54 Å². The zero-order chi connectivity index (χ0) is 20.1. The molecule has 2 aromatic rings. The number of nitrogens with zero attached hydrogens (tertiary/aromatic N) is 3. The maximum atomic E-state index is 13.1. The minimum Gasteiger partial charge on any atom is -0.489 e. The van der Waals surface area contributed by atoms with Crippen LogP contribution in [0.1, 0.15) is 39.2 Å². The summed E-state index contributed by atoms with van der Waals surface area (Å²) >= 11 is 0. The summed E-state index contributed by atoms with van der Waals surface area (Å²) < 4.78 is 7.42. The standard InChI is InChI=1S/C20H25N3O4/c1-5-6-9-27-17-16-10-14(11-21)7-8-15(16)19(24)23(12-13(2)3)18(17)22(4)20(25)26/h7-8,10,13H,5-6,9,12H2,1-4H3,(H,25,26). The Hall–Kier alpha value is -3.01. The number of amides is 1. The molecule has 0 aliphatic carbocycles. The van der Waals surface area contributed by atoms with Crippen LogP contribution in [0.5, 0.6) is 5.75 Å². The molecule has 0 aliphatic heterocycles. The first-order valence-electron chi connectivity index (χ1n) is 9.01. The number of hydrogen-bond donors (Lipinski definition) is 1. The normalized spacial score (nSPS) is 10.8. The third-order valence-electron chi connectivity index (χ3n) is 4.22. The van der Waals surface area contributed by atoms with E-state index in [2.05, 4.69) is 6.07 Å². The predicted octanol–water partition coefficient (Wildman–Crippen LogP) is 3.82. The number of rotatable bonds is 7. The molecule has 27 heavy (non-hydrogen) atoms. The van der Waals surface area contributed by atoms with Crippen molar-refractivity contribution in [2.24, 2.45) is 5.92 Å². The molecule has 0 saturated carbocycles. The molecule has 1 amide bonds. The van der Waals surface area contributed by atoms with Gasteiger partial charge in [-0.1, -0.05) is 27.2 Å². The molecule has 1 heterocycles. The smallest absolute Gasteiger partial charge is 0.412 e. The number of nitriles is 1. The Kier molecular flexibility index (Phi) is 6.45. The van der Waals surface area contributed by atoms with Gasteiger partial charge in [0, 0.05) is 19.0 Å². The van der Waals surface area contributed by atoms with Crippen LogP contribution in [0.2, 0.25) is 0 Å². The van der Waals surface area contributed by atoms with E-state index in [1.54, 1.807) is 18.2 Å². The molecule has 7 nitrogen and oxygen atoms in total. The van der Waals surface area contributed by atoms with Crippen LogP contribution in [0.4, 0.5) is 10.6 Å². The zero-order valence-corrected chi connectivity index (χ0v) is 16.2. The molecular formula is C20H25N3O4. The second kappa shape index (κ2) is 8.58. The van der Waals surface area contributed by atoms with Crippen molar-refractivity contribution in [2.45, 2.75) is 40.2 Å². The lowest BCUT2D eigenvalue weighted by molar-refractivity contribution is 0.202. The number of pyridine rings is 1. The van der Waals surface area contributed by atoms with E-state index >= 15 is 0 Å². The number of unbranched alkanes of at least 4 members (excludes halogenated alkanes) is 1. The SMILES string of the molecule is CCCCOc1c(N(C)C(=O)O)n(CC(C)C)c(=O)c2ccc(C#N)cc12. The van der Waals surface area contributed by atoms with Crippen LogP contribution in [0.25, 0.3) is 10.8 Å². The fourth-order valence-electron chi connectivity index (χ4n) is 2.89. The number of fused-ring (bicyclic) bond motifs is 1. The first-order valence-corrected chi connectivity index (χ1v) is 9.01. The molecule has 144 valence electrons. The average Bonchev–Trinajstić information content (AvgIpc) is 2.63. The van der Waals surface area contributed by atoms with Gasteiger partial charge >= 0.3 is 6.09 Å². The van der Waals surface area contributed by atoms with E-state index in [1.165, 1.54) is 11.6 Å². The van der Waals surface area contributed by atoms with Crippen LogP contribution in [0.15, 0.2) is 23.0 Å². The minimum atomic E-state index is -1.19. The van der Waals surface area contributed by atoms with Gasteiger partial charge in [0.15, 0.2) is 11.6 Å². The molecule has 0 unspecified atom stereocenters. The van der Waals surface area contributed by atoms with Gasteiger partial charge in [0.2, 0.25) is 0 Å². The van der Waals surface area contributed by atoms with Gasteiger partial charge in [0.05, 0.1) is 23.6 Å². The van der Waals surface area contributed by atoms with E-state index in [4.69, 9.17) is 4.74 Å². The number of aromatic nitrogens is 1. The number of carbonyl (C=O) groups is 1. The van der Waals surface area contributed by atoms with Gasteiger partial charge < -0.3 is 9.84 Å². The third-order valence-corrected chi connectivity index (χ3v) is 4.22. The summed E-state index contributed by atoms with van der Waals surface area (Å²) in [4.78, 5) is 25.8. The van der Waals surface area contributed by atoms with Crippen LogP contribution in [-0.4, -0.2) is 29.4 Å². The second-order valence-corrected chi connectivity index (χ2v) is 6.88. The van der Waals surface area contributed by atoms with Crippen molar-refractivity contribution in [1.29, 1.82) is 5.26 Å². The molecular weight excluding hydrogens is 346 g/mol. The lowest BCUT2D eigenvalue weighted by atomic mass is 10.1. The molecule has 1 aromatic heterocycles. The summed E-state index contributed by atoms with van der Waals surface area (Å²) in [5, 5.41) is 19.7. The maximum Gasteiger partial charge on any atom is 0.412 e. The van der Waals surface area contributed by atoms with E-state index in [-0.39, 0.29) is 17.3 Å². The molecule has 7 heteroatoms. The molecule has 0 saturated heterocycles. The predicted molar refractivity (Wildman–Crippen MR) is 105 cm³/mol. The van der Waals surface area contributed by atoms with Crippen molar-refractivity contribution in [2.75, 3.05) is 18.6 Å². The quantitative estimate of drug-likeness (QED) is 0.747. The van der Waals surface area contributed by atoms with Crippen molar-refractivity contribution in [3.05, 3.63) is 34.1 Å². The van der Waals surface area contributed by atoms with Crippen molar-refractivity contribution >= 4 is 22.7 Å². The fraction of sp³-hybridized carbons (Fsp3) is 0.450. The first kappa shape index (κ1) is 20.3. The molecule has 0 atom stereocenters. The van der Waals surface area contributed by atoms with Gasteiger partial charge in [0.25, 0.3) is 5.56 Å². The summed E-state index contributed by atoms with van der Waals surface area (Å²) in [5.41, 5.74) is 0.0851. The summed E-state index contributed by atoms with van der Waals surface area (Å²) in [6, 6.07) is 6.82. The Morgan fingerprint density at radius 1 is 1.37 bits per heavy atom. The Balaban J connectivity index is 2.90. The number of carboxylic acid groups (broad SMARTS) is 1. The number of benzene rings is 1. The van der Waals surface area contributed by atoms with E-state index in [1.807, 2.05) is 20.8 Å². The van der Waals surface area contributed by atoms with Crippen molar-refractivity contribution < 1.29 is 14.6 Å². The highest BCUT2D eigenvalue weighted by Gasteiger charge is 2.25. The largest absolute Gasteiger partial charge is 0.489 e. The van der Waals surface area contributed by atoms with Gasteiger partial charge in [0.1, 0.15) is 0 Å². The molecule has 0 fully saturated rings. The van der Waals surface area contributed by atoms with Gasteiger partial charge in [-0.2, -0.15) is 5.26 Å². The Morgan fingerprint density at radius 3 is 2.63 bits per heavy atom. The molecule has 1 aromatic carbocycles. The van der Waals surface area contributed by atoms with Crippen molar-refractivity contribution in [1.82, 2.24) is 4.57 Å². The van der Waals surface area contributed by atoms with Gasteiger partial charge in [-0.05, 0) is 30.5 Å².